The molecule has 0 spiro atoms. The molecular weight excluding hydrogens is 525 g/mol. The van der Waals surface area contributed by atoms with Crippen molar-refractivity contribution >= 4 is 23.1 Å². The maximum atomic E-state index is 14.6. The highest BCUT2D eigenvalue weighted by atomic mass is 19.4. The number of nitrogens with one attached hydrogen (secondary N) is 1. The molecule has 1 aromatic carbocycles. The Morgan fingerprint density at radius 2 is 1.84 bits per heavy atom. The lowest BCUT2D eigenvalue weighted by atomic mass is 9.80. The third-order valence-corrected chi connectivity index (χ3v) is 6.71. The number of hydrogen-bond donors (Lipinski definition) is 2. The van der Waals surface area contributed by atoms with Crippen LogP contribution in [0.2, 0.25) is 0 Å². The third kappa shape index (κ3) is 4.49. The number of fused-ring (bicyclic) bond motifs is 1. The molecule has 3 heterocycles. The van der Waals surface area contributed by atoms with Crippen molar-refractivity contribution in [2.75, 3.05) is 18.8 Å². The average molecular weight is 544 g/mol. The lowest BCUT2D eigenvalue weighted by molar-refractivity contribution is -0.159. The highest BCUT2D eigenvalue weighted by Gasteiger charge is 2.51. The molecule has 2 atom stereocenters. The van der Waals surface area contributed by atoms with Gasteiger partial charge < -0.3 is 16.0 Å². The Morgan fingerprint density at radius 3 is 2.50 bits per heavy atom. The average Bonchev–Trinajstić information content (AvgIpc) is 3.39. The molecule has 2 fully saturated rings. The van der Waals surface area contributed by atoms with Gasteiger partial charge in [-0.3, -0.25) is 9.59 Å². The van der Waals surface area contributed by atoms with Crippen LogP contribution in [0.15, 0.2) is 30.6 Å². The number of benzene rings is 1. The van der Waals surface area contributed by atoms with E-state index in [1.807, 2.05) is 0 Å². The quantitative estimate of drug-likeness (QED) is 0.490. The Kier molecular flexibility index (Phi) is 5.98. The Bertz CT molecular complexity index is 1430. The summed E-state index contributed by atoms with van der Waals surface area (Å²) in [5.74, 6) is -7.07. The minimum absolute atomic E-state index is 0.0221. The molecule has 1 saturated heterocycles. The number of nitrogen functional groups attached to an aromatic ring is 1. The number of halogens is 7. The van der Waals surface area contributed by atoms with E-state index in [0.717, 1.165) is 40.0 Å². The van der Waals surface area contributed by atoms with Gasteiger partial charge >= 0.3 is 6.18 Å². The zero-order valence-corrected chi connectivity index (χ0v) is 19.3. The second-order valence-corrected chi connectivity index (χ2v) is 9.34. The summed E-state index contributed by atoms with van der Waals surface area (Å²) in [6.07, 6.45) is -6.88. The number of amides is 2. The smallest absolute Gasteiger partial charge is 0.382 e. The van der Waals surface area contributed by atoms with E-state index in [9.17, 15) is 40.3 Å². The molecule has 3 aromatic rings. The SMILES string of the molecule is Nc1ncnn2c(-c3ccc(F)c(C(=O)N[C@@H]4CN(C(=O)C5CC(F)(F)C5)C[C@@H]4F)c3)cc(C(F)(F)F)c12. The first-order valence-electron chi connectivity index (χ1n) is 11.4. The van der Waals surface area contributed by atoms with Gasteiger partial charge in [-0.25, -0.2) is 27.1 Å². The van der Waals surface area contributed by atoms with Crippen molar-refractivity contribution in [3.8, 4) is 11.3 Å². The van der Waals surface area contributed by atoms with Crippen molar-refractivity contribution in [1.29, 1.82) is 0 Å². The summed E-state index contributed by atoms with van der Waals surface area (Å²) in [5, 5.41) is 6.09. The number of nitrogens with two attached hydrogens (primary N) is 1. The van der Waals surface area contributed by atoms with Gasteiger partial charge in [0.15, 0.2) is 5.82 Å². The summed E-state index contributed by atoms with van der Waals surface area (Å²) in [4.78, 5) is 29.8. The molecule has 0 radical (unpaired) electrons. The van der Waals surface area contributed by atoms with Crippen molar-refractivity contribution in [3.05, 3.63) is 47.5 Å². The highest BCUT2D eigenvalue weighted by molar-refractivity contribution is 5.96. The van der Waals surface area contributed by atoms with Crippen molar-refractivity contribution < 1.29 is 40.3 Å². The summed E-state index contributed by atoms with van der Waals surface area (Å²) in [6.45, 7) is -0.727. The molecule has 1 aliphatic heterocycles. The maximum absolute atomic E-state index is 14.6. The van der Waals surface area contributed by atoms with Crippen molar-refractivity contribution in [2.45, 2.75) is 37.2 Å². The fraction of sp³-hybridized carbons (Fsp3) is 0.391. The summed E-state index contributed by atoms with van der Waals surface area (Å²) in [5.41, 5.74) is 3.20. The van der Waals surface area contributed by atoms with Crippen molar-refractivity contribution in [3.63, 3.8) is 0 Å². The molecule has 0 unspecified atom stereocenters. The van der Waals surface area contributed by atoms with Crippen LogP contribution in [0.5, 0.6) is 0 Å². The summed E-state index contributed by atoms with van der Waals surface area (Å²) < 4.78 is 97.1. The van der Waals surface area contributed by atoms with Crippen LogP contribution in [0.25, 0.3) is 16.8 Å². The van der Waals surface area contributed by atoms with E-state index in [0.29, 0.717) is 0 Å². The summed E-state index contributed by atoms with van der Waals surface area (Å²) >= 11 is 0. The largest absolute Gasteiger partial charge is 0.418 e. The van der Waals surface area contributed by atoms with Gasteiger partial charge in [-0.2, -0.15) is 18.3 Å². The number of carbonyl (C=O) groups is 2. The van der Waals surface area contributed by atoms with E-state index in [-0.39, 0.29) is 17.8 Å². The van der Waals surface area contributed by atoms with Gasteiger partial charge in [-0.05, 0) is 24.3 Å². The fourth-order valence-corrected chi connectivity index (χ4v) is 4.77. The molecule has 1 saturated carbocycles. The van der Waals surface area contributed by atoms with Gasteiger partial charge in [0, 0.05) is 30.9 Å². The van der Waals surface area contributed by atoms with Crippen LogP contribution in [0.3, 0.4) is 0 Å². The molecule has 8 nitrogen and oxygen atoms in total. The lowest BCUT2D eigenvalue weighted by Crippen LogP contribution is -2.47. The predicted molar refractivity (Wildman–Crippen MR) is 118 cm³/mol. The Balaban J connectivity index is 1.39. The van der Waals surface area contributed by atoms with E-state index in [1.165, 1.54) is 0 Å². The van der Waals surface area contributed by atoms with E-state index >= 15 is 0 Å². The molecular formula is C23H19F7N6O2. The second-order valence-electron chi connectivity index (χ2n) is 9.34. The Labute approximate surface area is 209 Å². The van der Waals surface area contributed by atoms with Gasteiger partial charge in [0.2, 0.25) is 11.8 Å². The second kappa shape index (κ2) is 8.84. The normalized spacial score (nSPS) is 21.5. The molecule has 0 bridgehead atoms. The number of likely N-dealkylation sites (tertiary alicyclic amines) is 1. The first-order chi connectivity index (χ1) is 17.7. The van der Waals surface area contributed by atoms with Crippen LogP contribution >= 0.6 is 0 Å². The number of nitrogens with zero attached hydrogens (tertiary/aromatic N) is 4. The van der Waals surface area contributed by atoms with E-state index in [1.54, 1.807) is 0 Å². The molecule has 1 aliphatic carbocycles. The maximum Gasteiger partial charge on any atom is 0.418 e. The van der Waals surface area contributed by atoms with Crippen LogP contribution in [0, 0.1) is 11.7 Å². The molecule has 38 heavy (non-hydrogen) atoms. The third-order valence-electron chi connectivity index (χ3n) is 6.71. The number of alkyl halides is 6. The minimum Gasteiger partial charge on any atom is -0.382 e. The molecule has 15 heteroatoms. The molecule has 3 N–H and O–H groups in total. The van der Waals surface area contributed by atoms with Gasteiger partial charge in [0.05, 0.1) is 29.4 Å². The monoisotopic (exact) mass is 544 g/mol. The van der Waals surface area contributed by atoms with E-state index in [4.69, 9.17) is 5.73 Å². The molecule has 2 amide bonds. The number of rotatable bonds is 4. The van der Waals surface area contributed by atoms with Crippen LogP contribution < -0.4 is 11.1 Å². The first-order valence-corrected chi connectivity index (χ1v) is 11.4. The minimum atomic E-state index is -4.82. The van der Waals surface area contributed by atoms with Crippen LogP contribution in [0.4, 0.5) is 36.6 Å². The Morgan fingerprint density at radius 1 is 1.13 bits per heavy atom. The topological polar surface area (TPSA) is 106 Å². The van der Waals surface area contributed by atoms with Crippen LogP contribution in [-0.4, -0.2) is 62.5 Å². The van der Waals surface area contributed by atoms with Gasteiger partial charge in [0.25, 0.3) is 5.91 Å². The van der Waals surface area contributed by atoms with E-state index in [2.05, 4.69) is 15.4 Å². The number of hydrogen-bond acceptors (Lipinski definition) is 5. The molecule has 2 aliphatic rings. The van der Waals surface area contributed by atoms with Crippen LogP contribution in [-0.2, 0) is 11.0 Å². The van der Waals surface area contributed by atoms with E-state index < -0.39 is 89.7 Å². The zero-order valence-electron chi connectivity index (χ0n) is 19.3. The summed E-state index contributed by atoms with van der Waals surface area (Å²) in [6, 6.07) is 2.46. The zero-order chi connectivity index (χ0) is 27.6. The van der Waals surface area contributed by atoms with Gasteiger partial charge in [-0.15, -0.1) is 0 Å². The number of anilines is 1. The van der Waals surface area contributed by atoms with Crippen molar-refractivity contribution in [2.24, 2.45) is 5.92 Å². The van der Waals surface area contributed by atoms with Crippen molar-refractivity contribution in [1.82, 2.24) is 24.8 Å². The number of carbonyl (C=O) groups excluding carboxylic acids is 2. The molecule has 202 valence electrons. The lowest BCUT2D eigenvalue weighted by Gasteiger charge is -2.36. The standard InChI is InChI=1S/C23H19F7N6O2/c24-14-2-1-10(17-4-13(23(28,29)30)18-19(31)32-9-33-36(17)18)3-12(14)20(37)34-16-8-35(7-15(16)25)21(38)11-5-22(26,27)6-11/h1-4,9,11,15-16H,5-8H2,(H,34,37)(H2,31,32,33)/t15-,16+/m0/s1. The fourth-order valence-electron chi connectivity index (χ4n) is 4.77. The number of aromatic nitrogens is 3. The highest BCUT2D eigenvalue weighted by Crippen LogP contribution is 2.43. The van der Waals surface area contributed by atoms with Gasteiger partial charge in [-0.1, -0.05) is 0 Å². The molecule has 2 aromatic heterocycles. The predicted octanol–water partition coefficient (Wildman–Crippen LogP) is 3.46. The van der Waals surface area contributed by atoms with Crippen LogP contribution in [0.1, 0.15) is 28.8 Å². The first kappa shape index (κ1) is 25.7. The molecule has 5 rings (SSSR count). The summed E-state index contributed by atoms with van der Waals surface area (Å²) in [7, 11) is 0. The Hall–Kier alpha value is -3.91. The van der Waals surface area contributed by atoms with Gasteiger partial charge in [0.1, 0.15) is 23.8 Å².